The number of rotatable bonds is 7. The van der Waals surface area contributed by atoms with Gasteiger partial charge in [0.1, 0.15) is 11.4 Å². The summed E-state index contributed by atoms with van der Waals surface area (Å²) in [6.45, 7) is 4.47. The van der Waals surface area contributed by atoms with Gasteiger partial charge in [-0.3, -0.25) is 24.0 Å². The highest BCUT2D eigenvalue weighted by Gasteiger charge is 2.27. The Bertz CT molecular complexity index is 1160. The number of carbonyl (C=O) groups excluding carboxylic acids is 1. The van der Waals surface area contributed by atoms with Gasteiger partial charge >= 0.3 is 5.69 Å². The van der Waals surface area contributed by atoms with Crippen LogP contribution in [0.2, 0.25) is 0 Å². The molecule has 1 aromatic carbocycles. The average Bonchev–Trinajstić information content (AvgIpc) is 3.12. The molecule has 0 aliphatic carbocycles. The molecular weight excluding hydrogens is 440 g/mol. The summed E-state index contributed by atoms with van der Waals surface area (Å²) in [7, 11) is 0. The Hall–Kier alpha value is -2.81. The van der Waals surface area contributed by atoms with Gasteiger partial charge < -0.3 is 10.2 Å². The highest BCUT2D eigenvalue weighted by molar-refractivity contribution is 9.10. The minimum Gasteiger partial charge on any atom is -0.450 e. The number of halogens is 1. The summed E-state index contributed by atoms with van der Waals surface area (Å²) in [5, 5.41) is 0.758. The molecule has 0 unspecified atom stereocenters. The van der Waals surface area contributed by atoms with Crippen LogP contribution < -0.4 is 21.9 Å². The van der Waals surface area contributed by atoms with Gasteiger partial charge in [0, 0.05) is 18.5 Å². The number of H-pyrrole nitrogens is 1. The Morgan fingerprint density at radius 2 is 2.03 bits per heavy atom. The van der Waals surface area contributed by atoms with Gasteiger partial charge in [-0.15, -0.1) is 0 Å². The SMILES string of the molecule is CCCCn1c(N)c(N(CCC)C(=O)c2cc3cccc(Br)c3o2)c(=O)[nH]c1=O. The van der Waals surface area contributed by atoms with Crippen molar-refractivity contribution in [1.29, 1.82) is 0 Å². The lowest BCUT2D eigenvalue weighted by Gasteiger charge is -2.23. The summed E-state index contributed by atoms with van der Waals surface area (Å²) in [6.07, 6.45) is 2.16. The number of nitrogens with two attached hydrogens (primary N) is 1. The number of aromatic amines is 1. The molecule has 0 aliphatic rings. The number of fused-ring (bicyclic) bond motifs is 1. The molecule has 9 heteroatoms. The van der Waals surface area contributed by atoms with Crippen LogP contribution in [-0.2, 0) is 6.54 Å². The molecule has 0 fully saturated rings. The summed E-state index contributed by atoms with van der Waals surface area (Å²) in [5.41, 5.74) is 5.41. The van der Waals surface area contributed by atoms with E-state index in [1.54, 1.807) is 6.07 Å². The van der Waals surface area contributed by atoms with E-state index < -0.39 is 17.2 Å². The number of unbranched alkanes of at least 4 members (excludes halogenated alkanes) is 1. The molecule has 29 heavy (non-hydrogen) atoms. The molecule has 3 N–H and O–H groups in total. The number of amides is 1. The van der Waals surface area contributed by atoms with Crippen molar-refractivity contribution in [2.24, 2.45) is 0 Å². The first-order valence-corrected chi connectivity index (χ1v) is 10.3. The minimum atomic E-state index is -0.695. The fourth-order valence-electron chi connectivity index (χ4n) is 3.18. The van der Waals surface area contributed by atoms with Crippen LogP contribution in [-0.4, -0.2) is 22.0 Å². The standard InChI is InChI=1S/C20H23BrN4O4/c1-3-5-10-25-17(22)15(18(26)23-20(25)28)24(9-4-2)19(27)14-11-12-7-6-8-13(21)16(12)29-14/h6-8,11H,3-5,9-10,22H2,1-2H3,(H,23,26,28). The zero-order valence-electron chi connectivity index (χ0n) is 16.3. The van der Waals surface area contributed by atoms with Gasteiger partial charge in [-0.1, -0.05) is 32.4 Å². The van der Waals surface area contributed by atoms with Crippen molar-refractivity contribution >= 4 is 44.3 Å². The summed E-state index contributed by atoms with van der Waals surface area (Å²) < 4.78 is 7.77. The zero-order valence-corrected chi connectivity index (χ0v) is 17.9. The highest BCUT2D eigenvalue weighted by Crippen LogP contribution is 2.29. The molecule has 0 radical (unpaired) electrons. The molecule has 0 aliphatic heterocycles. The van der Waals surface area contributed by atoms with Crippen molar-refractivity contribution < 1.29 is 9.21 Å². The molecule has 1 amide bonds. The summed E-state index contributed by atoms with van der Waals surface area (Å²) in [5.74, 6) is -0.426. The normalized spacial score (nSPS) is 11.1. The molecule has 8 nitrogen and oxygen atoms in total. The Morgan fingerprint density at radius 1 is 1.28 bits per heavy atom. The van der Waals surface area contributed by atoms with E-state index in [0.717, 1.165) is 22.7 Å². The lowest BCUT2D eigenvalue weighted by molar-refractivity contribution is 0.0962. The van der Waals surface area contributed by atoms with Gasteiger partial charge in [0.2, 0.25) is 0 Å². The van der Waals surface area contributed by atoms with Gasteiger partial charge in [0.15, 0.2) is 11.4 Å². The van der Waals surface area contributed by atoms with Crippen LogP contribution in [0.1, 0.15) is 43.7 Å². The third-order valence-electron chi connectivity index (χ3n) is 4.62. The predicted octanol–water partition coefficient (Wildman–Crippen LogP) is 3.48. The molecule has 2 heterocycles. The lowest BCUT2D eigenvalue weighted by atomic mass is 10.2. The number of nitrogens with one attached hydrogen (secondary N) is 1. The number of hydrogen-bond acceptors (Lipinski definition) is 5. The first-order chi connectivity index (χ1) is 13.9. The van der Waals surface area contributed by atoms with Crippen LogP contribution in [0.25, 0.3) is 11.0 Å². The highest BCUT2D eigenvalue weighted by atomic mass is 79.9. The molecular formula is C20H23BrN4O4. The number of aromatic nitrogens is 2. The van der Waals surface area contributed by atoms with Crippen LogP contribution in [0.5, 0.6) is 0 Å². The molecule has 3 rings (SSSR count). The second-order valence-electron chi connectivity index (χ2n) is 6.72. The number of benzene rings is 1. The Labute approximate surface area is 175 Å². The molecule has 0 spiro atoms. The predicted molar refractivity (Wildman–Crippen MR) is 117 cm³/mol. The van der Waals surface area contributed by atoms with Crippen LogP contribution in [0.15, 0.2) is 42.7 Å². The van der Waals surface area contributed by atoms with Gasteiger partial charge in [-0.2, -0.15) is 0 Å². The topological polar surface area (TPSA) is 114 Å². The number of hydrogen-bond donors (Lipinski definition) is 2. The van der Waals surface area contributed by atoms with E-state index in [4.69, 9.17) is 10.2 Å². The van der Waals surface area contributed by atoms with Crippen molar-refractivity contribution in [2.45, 2.75) is 39.7 Å². The van der Waals surface area contributed by atoms with Crippen LogP contribution in [0, 0.1) is 0 Å². The van der Waals surface area contributed by atoms with Crippen molar-refractivity contribution in [2.75, 3.05) is 17.2 Å². The van der Waals surface area contributed by atoms with Crippen molar-refractivity contribution in [3.63, 3.8) is 0 Å². The summed E-state index contributed by atoms with van der Waals surface area (Å²) >= 11 is 3.41. The minimum absolute atomic E-state index is 0.0220. The quantitative estimate of drug-likeness (QED) is 0.557. The van der Waals surface area contributed by atoms with E-state index in [0.29, 0.717) is 18.5 Å². The number of carbonyl (C=O) groups is 1. The largest absolute Gasteiger partial charge is 0.450 e. The molecule has 0 saturated heterocycles. The number of nitrogens with zero attached hydrogens (tertiary/aromatic N) is 2. The first kappa shape index (κ1) is 20.9. The van der Waals surface area contributed by atoms with E-state index in [2.05, 4.69) is 20.9 Å². The van der Waals surface area contributed by atoms with E-state index in [1.807, 2.05) is 32.0 Å². The van der Waals surface area contributed by atoms with E-state index in [-0.39, 0.29) is 23.8 Å². The Balaban J connectivity index is 2.11. The summed E-state index contributed by atoms with van der Waals surface area (Å²) in [4.78, 5) is 41.6. The second kappa shape index (κ2) is 8.69. The van der Waals surface area contributed by atoms with Crippen molar-refractivity contribution in [3.05, 3.63) is 55.3 Å². The fourth-order valence-corrected chi connectivity index (χ4v) is 3.64. The number of para-hydroxylation sites is 1. The monoisotopic (exact) mass is 462 g/mol. The zero-order chi connectivity index (χ0) is 21.1. The third kappa shape index (κ3) is 4.00. The molecule has 2 aromatic heterocycles. The van der Waals surface area contributed by atoms with Crippen LogP contribution in [0.4, 0.5) is 11.5 Å². The first-order valence-electron chi connectivity index (χ1n) is 9.51. The smallest absolute Gasteiger partial charge is 0.330 e. The van der Waals surface area contributed by atoms with Gasteiger partial charge in [0.25, 0.3) is 11.5 Å². The van der Waals surface area contributed by atoms with E-state index >= 15 is 0 Å². The maximum atomic E-state index is 13.3. The summed E-state index contributed by atoms with van der Waals surface area (Å²) in [6, 6.07) is 7.11. The second-order valence-corrected chi connectivity index (χ2v) is 7.58. The maximum absolute atomic E-state index is 13.3. The van der Waals surface area contributed by atoms with Gasteiger partial charge in [0.05, 0.1) is 4.47 Å². The van der Waals surface area contributed by atoms with Crippen LogP contribution in [0.3, 0.4) is 0 Å². The average molecular weight is 463 g/mol. The Kier molecular flexibility index (Phi) is 6.26. The fraction of sp³-hybridized carbons (Fsp3) is 0.350. The molecule has 154 valence electrons. The number of nitrogen functional groups attached to an aromatic ring is 1. The Morgan fingerprint density at radius 3 is 2.69 bits per heavy atom. The van der Waals surface area contributed by atoms with Crippen molar-refractivity contribution in [3.8, 4) is 0 Å². The van der Waals surface area contributed by atoms with Crippen LogP contribution >= 0.6 is 15.9 Å². The maximum Gasteiger partial charge on any atom is 0.330 e. The van der Waals surface area contributed by atoms with Crippen molar-refractivity contribution in [1.82, 2.24) is 9.55 Å². The molecule has 3 aromatic rings. The molecule has 0 saturated carbocycles. The number of furan rings is 1. The lowest BCUT2D eigenvalue weighted by Crippen LogP contribution is -2.41. The molecule has 0 bridgehead atoms. The van der Waals surface area contributed by atoms with Gasteiger partial charge in [-0.05, 0) is 40.9 Å². The molecule has 0 atom stereocenters. The van der Waals surface area contributed by atoms with Gasteiger partial charge in [-0.25, -0.2) is 4.79 Å². The van der Waals surface area contributed by atoms with E-state index in [9.17, 15) is 14.4 Å². The van der Waals surface area contributed by atoms with E-state index in [1.165, 1.54) is 9.47 Å². The number of anilines is 2. The third-order valence-corrected chi connectivity index (χ3v) is 5.24.